The number of carbonyl (C=O) groups is 2. The lowest BCUT2D eigenvalue weighted by Gasteiger charge is -2.14. The molecule has 1 aliphatic heterocycles. The Labute approximate surface area is 114 Å². The summed E-state index contributed by atoms with van der Waals surface area (Å²) in [5.74, 6) is 0.0246. The summed E-state index contributed by atoms with van der Waals surface area (Å²) in [7, 11) is 0. The van der Waals surface area contributed by atoms with Crippen molar-refractivity contribution in [2.75, 3.05) is 17.3 Å². The molecule has 1 aromatic carbocycles. The minimum atomic E-state index is -0.389. The van der Waals surface area contributed by atoms with Gasteiger partial charge in [-0.3, -0.25) is 9.59 Å². The summed E-state index contributed by atoms with van der Waals surface area (Å²) < 4.78 is 0. The lowest BCUT2D eigenvalue weighted by atomic mass is 10.3. The number of benzene rings is 1. The minimum Gasteiger partial charge on any atom is -0.396 e. The highest BCUT2D eigenvalue weighted by molar-refractivity contribution is 8.00. The van der Waals surface area contributed by atoms with E-state index in [0.29, 0.717) is 16.5 Å². The quantitative estimate of drug-likeness (QED) is 0.856. The summed E-state index contributed by atoms with van der Waals surface area (Å²) in [6, 6.07) is 6.59. The molecule has 0 saturated carbocycles. The van der Waals surface area contributed by atoms with E-state index < -0.39 is 0 Å². The number of imide groups is 1. The van der Waals surface area contributed by atoms with Gasteiger partial charge in [-0.25, -0.2) is 4.90 Å². The van der Waals surface area contributed by atoms with Gasteiger partial charge in [0.2, 0.25) is 11.8 Å². The van der Waals surface area contributed by atoms with Crippen molar-refractivity contribution in [2.24, 2.45) is 0 Å². The summed E-state index contributed by atoms with van der Waals surface area (Å²) in [4.78, 5) is 25.1. The molecule has 6 heteroatoms. The summed E-state index contributed by atoms with van der Waals surface area (Å²) >= 11 is 7.08. The first-order valence-electron chi connectivity index (χ1n) is 5.48. The monoisotopic (exact) mass is 285 g/mol. The second-order valence-corrected chi connectivity index (χ2v) is 5.58. The van der Waals surface area contributed by atoms with Gasteiger partial charge in [0, 0.05) is 17.2 Å². The Morgan fingerprint density at radius 3 is 2.61 bits per heavy atom. The number of nitrogens with zero attached hydrogens (tertiary/aromatic N) is 1. The molecule has 18 heavy (non-hydrogen) atoms. The predicted octanol–water partition coefficient (Wildman–Crippen LogP) is 1.70. The molecule has 1 atom stereocenters. The number of rotatable bonds is 4. The van der Waals surface area contributed by atoms with Crippen molar-refractivity contribution in [2.45, 2.75) is 11.7 Å². The Bertz CT molecular complexity index is 463. The van der Waals surface area contributed by atoms with Crippen LogP contribution in [0.25, 0.3) is 0 Å². The fourth-order valence-electron chi connectivity index (χ4n) is 1.79. The first kappa shape index (κ1) is 13.4. The topological polar surface area (TPSA) is 57.6 Å². The van der Waals surface area contributed by atoms with Gasteiger partial charge in [0.15, 0.2) is 0 Å². The highest BCUT2D eigenvalue weighted by Gasteiger charge is 2.39. The van der Waals surface area contributed by atoms with Crippen LogP contribution in [0.5, 0.6) is 0 Å². The van der Waals surface area contributed by atoms with Crippen molar-refractivity contribution >= 4 is 40.9 Å². The molecule has 0 radical (unpaired) electrons. The molecule has 2 amide bonds. The Morgan fingerprint density at radius 2 is 2.00 bits per heavy atom. The molecule has 0 aromatic heterocycles. The van der Waals surface area contributed by atoms with Crippen molar-refractivity contribution in [1.82, 2.24) is 0 Å². The van der Waals surface area contributed by atoms with Crippen molar-refractivity contribution in [3.8, 4) is 0 Å². The largest absolute Gasteiger partial charge is 0.396 e. The van der Waals surface area contributed by atoms with Crippen LogP contribution in [0.4, 0.5) is 5.69 Å². The van der Waals surface area contributed by atoms with Gasteiger partial charge in [-0.1, -0.05) is 11.6 Å². The number of amides is 2. The maximum Gasteiger partial charge on any atom is 0.247 e. The number of halogens is 1. The molecule has 2 rings (SSSR count). The van der Waals surface area contributed by atoms with Crippen LogP contribution in [-0.4, -0.2) is 34.5 Å². The van der Waals surface area contributed by atoms with E-state index in [2.05, 4.69) is 0 Å². The van der Waals surface area contributed by atoms with Crippen LogP contribution in [-0.2, 0) is 9.59 Å². The average Bonchev–Trinajstić information content (AvgIpc) is 2.63. The molecule has 1 aromatic rings. The second kappa shape index (κ2) is 5.73. The van der Waals surface area contributed by atoms with Gasteiger partial charge in [0.05, 0.1) is 17.5 Å². The molecular formula is C12H12ClNO3S. The van der Waals surface area contributed by atoms with Crippen LogP contribution in [0.2, 0.25) is 5.02 Å². The molecule has 0 bridgehead atoms. The number of aliphatic hydroxyl groups is 1. The van der Waals surface area contributed by atoms with E-state index >= 15 is 0 Å². The van der Waals surface area contributed by atoms with Crippen LogP contribution in [0.1, 0.15) is 6.42 Å². The molecule has 0 unspecified atom stereocenters. The molecule has 96 valence electrons. The number of carbonyl (C=O) groups excluding carboxylic acids is 2. The molecule has 1 N–H and O–H groups in total. The van der Waals surface area contributed by atoms with Gasteiger partial charge in [-0.15, -0.1) is 11.8 Å². The predicted molar refractivity (Wildman–Crippen MR) is 71.9 cm³/mol. The van der Waals surface area contributed by atoms with E-state index in [9.17, 15) is 9.59 Å². The van der Waals surface area contributed by atoms with E-state index in [0.717, 1.165) is 0 Å². The van der Waals surface area contributed by atoms with Crippen molar-refractivity contribution in [1.29, 1.82) is 0 Å². The molecular weight excluding hydrogens is 274 g/mol. The Hall–Kier alpha value is -1.04. The molecule has 0 spiro atoms. The third-order valence-corrected chi connectivity index (χ3v) is 4.04. The van der Waals surface area contributed by atoms with E-state index in [1.54, 1.807) is 24.3 Å². The van der Waals surface area contributed by atoms with Crippen LogP contribution in [0.15, 0.2) is 24.3 Å². The second-order valence-electron chi connectivity index (χ2n) is 3.83. The van der Waals surface area contributed by atoms with Crippen molar-refractivity contribution in [3.63, 3.8) is 0 Å². The highest BCUT2D eigenvalue weighted by atomic mass is 35.5. The van der Waals surface area contributed by atoms with E-state index in [1.165, 1.54) is 16.7 Å². The zero-order valence-corrected chi connectivity index (χ0v) is 11.1. The maximum atomic E-state index is 12.1. The number of hydrogen-bond donors (Lipinski definition) is 1. The zero-order valence-electron chi connectivity index (χ0n) is 9.51. The Morgan fingerprint density at radius 1 is 1.33 bits per heavy atom. The number of hydrogen-bond acceptors (Lipinski definition) is 4. The smallest absolute Gasteiger partial charge is 0.247 e. The molecule has 1 saturated heterocycles. The fourth-order valence-corrected chi connectivity index (χ4v) is 2.81. The molecule has 1 fully saturated rings. The number of anilines is 1. The zero-order chi connectivity index (χ0) is 13.1. The van der Waals surface area contributed by atoms with E-state index in [-0.39, 0.29) is 30.1 Å². The lowest BCUT2D eigenvalue weighted by Crippen LogP contribution is -2.31. The summed E-state index contributed by atoms with van der Waals surface area (Å²) in [6.45, 7) is 0.00355. The van der Waals surface area contributed by atoms with E-state index in [1.807, 2.05) is 0 Å². The average molecular weight is 286 g/mol. The normalized spacial score (nSPS) is 19.7. The summed E-state index contributed by atoms with van der Waals surface area (Å²) in [5, 5.41) is 8.92. The lowest BCUT2D eigenvalue weighted by molar-refractivity contribution is -0.121. The van der Waals surface area contributed by atoms with Gasteiger partial charge in [0.1, 0.15) is 0 Å². The van der Waals surface area contributed by atoms with Crippen LogP contribution in [0, 0.1) is 0 Å². The number of aliphatic hydroxyl groups excluding tert-OH is 1. The standard InChI is InChI=1S/C12H12ClNO3S/c13-8-1-3-9(4-2-8)14-11(16)7-10(12(14)17)18-6-5-15/h1-4,10,15H,5-7H2/t10-/m0/s1. The van der Waals surface area contributed by atoms with Gasteiger partial charge >= 0.3 is 0 Å². The van der Waals surface area contributed by atoms with Crippen LogP contribution in [0.3, 0.4) is 0 Å². The number of thioether (sulfide) groups is 1. The van der Waals surface area contributed by atoms with Crippen molar-refractivity contribution < 1.29 is 14.7 Å². The molecule has 1 heterocycles. The van der Waals surface area contributed by atoms with Gasteiger partial charge in [0.25, 0.3) is 0 Å². The van der Waals surface area contributed by atoms with Gasteiger partial charge in [-0.2, -0.15) is 0 Å². The third kappa shape index (κ3) is 2.68. The maximum absolute atomic E-state index is 12.1. The van der Waals surface area contributed by atoms with Crippen LogP contribution < -0.4 is 4.90 Å². The molecule has 1 aliphatic rings. The van der Waals surface area contributed by atoms with Gasteiger partial charge < -0.3 is 5.11 Å². The minimum absolute atomic E-state index is 0.00355. The Balaban J connectivity index is 2.16. The fraction of sp³-hybridized carbons (Fsp3) is 0.333. The highest BCUT2D eigenvalue weighted by Crippen LogP contribution is 2.29. The summed E-state index contributed by atoms with van der Waals surface area (Å²) in [6.07, 6.45) is 0.187. The van der Waals surface area contributed by atoms with Crippen LogP contribution >= 0.6 is 23.4 Å². The van der Waals surface area contributed by atoms with Gasteiger partial charge in [-0.05, 0) is 24.3 Å². The SMILES string of the molecule is O=C1C[C@H](SCCO)C(=O)N1c1ccc(Cl)cc1. The Kier molecular flexibility index (Phi) is 4.27. The summed E-state index contributed by atoms with van der Waals surface area (Å²) in [5.41, 5.74) is 0.543. The van der Waals surface area contributed by atoms with Crippen molar-refractivity contribution in [3.05, 3.63) is 29.3 Å². The molecule has 4 nitrogen and oxygen atoms in total. The first-order valence-corrected chi connectivity index (χ1v) is 6.91. The molecule has 0 aliphatic carbocycles. The third-order valence-electron chi connectivity index (χ3n) is 2.60. The van der Waals surface area contributed by atoms with E-state index in [4.69, 9.17) is 16.7 Å². The first-order chi connectivity index (χ1) is 8.63.